The fraction of sp³-hybridized carbons (Fsp3) is 0.611. The lowest BCUT2D eigenvalue weighted by Gasteiger charge is -2.23. The van der Waals surface area contributed by atoms with E-state index in [1.165, 1.54) is 0 Å². The van der Waals surface area contributed by atoms with E-state index >= 15 is 0 Å². The minimum Gasteiger partial charge on any atom is -0.492 e. The largest absolute Gasteiger partial charge is 0.492 e. The van der Waals surface area contributed by atoms with Crippen molar-refractivity contribution in [2.24, 2.45) is 4.99 Å². The number of nitrogens with one attached hydrogen (secondary N) is 1. The van der Waals surface area contributed by atoms with Gasteiger partial charge in [-0.2, -0.15) is 0 Å². The van der Waals surface area contributed by atoms with Gasteiger partial charge in [-0.05, 0) is 52.0 Å². The molecule has 1 rings (SSSR count). The average Bonchev–Trinajstić information content (AvgIpc) is 2.54. The quantitative estimate of drug-likeness (QED) is 0.533. The van der Waals surface area contributed by atoms with Gasteiger partial charge in [0.15, 0.2) is 15.8 Å². The molecule has 0 heterocycles. The van der Waals surface area contributed by atoms with E-state index in [0.717, 1.165) is 5.75 Å². The summed E-state index contributed by atoms with van der Waals surface area (Å²) in [5.41, 5.74) is 0. The lowest BCUT2D eigenvalue weighted by Crippen LogP contribution is -2.41. The summed E-state index contributed by atoms with van der Waals surface area (Å²) in [6.45, 7) is 9.10. The number of likely N-dealkylation sites (N-methyl/N-ethyl adjacent to an activating group) is 1. The van der Waals surface area contributed by atoms with Crippen LogP contribution in [0, 0.1) is 0 Å². The van der Waals surface area contributed by atoms with Gasteiger partial charge in [0, 0.05) is 18.6 Å². The number of sulfone groups is 1. The highest BCUT2D eigenvalue weighted by Crippen LogP contribution is 2.16. The average molecular weight is 404 g/mol. The van der Waals surface area contributed by atoms with Gasteiger partial charge in [0.1, 0.15) is 12.4 Å². The van der Waals surface area contributed by atoms with Crippen LogP contribution >= 0.6 is 11.6 Å². The Morgan fingerprint density at radius 2 is 1.88 bits per heavy atom. The molecule has 148 valence electrons. The van der Waals surface area contributed by atoms with Gasteiger partial charge in [-0.1, -0.05) is 11.6 Å². The first-order chi connectivity index (χ1) is 12.1. The molecule has 0 aliphatic carbocycles. The molecule has 8 heteroatoms. The molecular formula is C18H30ClN3O3S. The Hall–Kier alpha value is -1.47. The molecule has 0 amide bonds. The molecule has 0 saturated heterocycles. The van der Waals surface area contributed by atoms with Crippen molar-refractivity contribution in [2.45, 2.75) is 32.4 Å². The van der Waals surface area contributed by atoms with E-state index in [1.54, 1.807) is 32.9 Å². The number of aliphatic imine (C=N–C) groups is 1. The summed E-state index contributed by atoms with van der Waals surface area (Å²) in [6.07, 6.45) is 0. The fourth-order valence-corrected chi connectivity index (χ4v) is 3.05. The molecule has 0 unspecified atom stereocenters. The van der Waals surface area contributed by atoms with Crippen molar-refractivity contribution < 1.29 is 13.2 Å². The number of benzene rings is 1. The van der Waals surface area contributed by atoms with E-state index in [2.05, 4.69) is 10.3 Å². The van der Waals surface area contributed by atoms with Crippen LogP contribution in [0.4, 0.5) is 0 Å². The third kappa shape index (κ3) is 7.41. The van der Waals surface area contributed by atoms with Gasteiger partial charge in [-0.25, -0.2) is 8.42 Å². The molecule has 1 aromatic carbocycles. The van der Waals surface area contributed by atoms with E-state index in [0.29, 0.717) is 30.7 Å². The van der Waals surface area contributed by atoms with E-state index in [1.807, 2.05) is 31.0 Å². The molecule has 6 nitrogen and oxygen atoms in total. The number of nitrogens with zero attached hydrogens (tertiary/aromatic N) is 2. The van der Waals surface area contributed by atoms with Gasteiger partial charge in [0.05, 0.1) is 23.6 Å². The van der Waals surface area contributed by atoms with Gasteiger partial charge in [-0.15, -0.1) is 0 Å². The van der Waals surface area contributed by atoms with Crippen LogP contribution in [0.5, 0.6) is 5.75 Å². The van der Waals surface area contributed by atoms with Gasteiger partial charge in [0.2, 0.25) is 0 Å². The zero-order chi connectivity index (χ0) is 19.8. The van der Waals surface area contributed by atoms with Crippen molar-refractivity contribution >= 4 is 27.4 Å². The highest BCUT2D eigenvalue weighted by atomic mass is 35.5. The van der Waals surface area contributed by atoms with Crippen LogP contribution in [0.2, 0.25) is 5.02 Å². The lowest BCUT2D eigenvalue weighted by molar-refractivity contribution is 0.281. The molecular weight excluding hydrogens is 374 g/mol. The third-order valence-electron chi connectivity index (χ3n) is 3.76. The molecule has 0 radical (unpaired) electrons. The van der Waals surface area contributed by atoms with Crippen LogP contribution < -0.4 is 10.1 Å². The summed E-state index contributed by atoms with van der Waals surface area (Å²) in [4.78, 5) is 6.35. The van der Waals surface area contributed by atoms with E-state index in [-0.39, 0.29) is 12.3 Å². The van der Waals surface area contributed by atoms with Crippen molar-refractivity contribution in [2.75, 3.05) is 39.0 Å². The van der Waals surface area contributed by atoms with Gasteiger partial charge in [0.25, 0.3) is 0 Å². The Bertz CT molecular complexity index is 683. The van der Waals surface area contributed by atoms with E-state index in [9.17, 15) is 8.42 Å². The molecule has 26 heavy (non-hydrogen) atoms. The summed E-state index contributed by atoms with van der Waals surface area (Å²) in [5.74, 6) is 1.44. The van der Waals surface area contributed by atoms with Crippen LogP contribution in [0.15, 0.2) is 29.3 Å². The Labute approximate surface area is 162 Å². The first-order valence-corrected chi connectivity index (χ1v) is 10.7. The number of hydrogen-bond acceptors (Lipinski definition) is 4. The van der Waals surface area contributed by atoms with Crippen molar-refractivity contribution in [3.05, 3.63) is 29.3 Å². The Morgan fingerprint density at radius 1 is 1.27 bits per heavy atom. The molecule has 0 aliphatic rings. The number of halogens is 1. The molecule has 0 saturated carbocycles. The van der Waals surface area contributed by atoms with E-state index < -0.39 is 14.6 Å². The van der Waals surface area contributed by atoms with Crippen molar-refractivity contribution in [3.8, 4) is 5.75 Å². The van der Waals surface area contributed by atoms with Gasteiger partial charge in [-0.3, -0.25) is 4.99 Å². The second-order valence-corrected chi connectivity index (χ2v) is 10.2. The molecule has 1 aromatic rings. The number of hydrogen-bond donors (Lipinski definition) is 1. The Morgan fingerprint density at radius 3 is 2.42 bits per heavy atom. The zero-order valence-corrected chi connectivity index (χ0v) is 17.8. The van der Waals surface area contributed by atoms with Crippen LogP contribution in [0.25, 0.3) is 0 Å². The van der Waals surface area contributed by atoms with Crippen LogP contribution in [-0.4, -0.2) is 63.1 Å². The Kier molecular flexibility index (Phi) is 8.70. The fourth-order valence-electron chi connectivity index (χ4n) is 1.98. The highest BCUT2D eigenvalue weighted by molar-refractivity contribution is 7.92. The molecule has 0 aromatic heterocycles. The Balaban J connectivity index is 2.57. The first-order valence-electron chi connectivity index (χ1n) is 8.67. The summed E-state index contributed by atoms with van der Waals surface area (Å²) in [5, 5.41) is 3.84. The topological polar surface area (TPSA) is 71.0 Å². The molecule has 0 bridgehead atoms. The van der Waals surface area contributed by atoms with Crippen molar-refractivity contribution in [3.63, 3.8) is 0 Å². The zero-order valence-electron chi connectivity index (χ0n) is 16.3. The number of guanidine groups is 1. The molecule has 0 aliphatic heterocycles. The summed E-state index contributed by atoms with van der Waals surface area (Å²) < 4.78 is 29.3. The number of ether oxygens (including phenoxy) is 1. The molecule has 0 spiro atoms. The normalized spacial score (nSPS) is 12.8. The van der Waals surface area contributed by atoms with Crippen molar-refractivity contribution in [1.82, 2.24) is 10.2 Å². The number of rotatable bonds is 8. The van der Waals surface area contributed by atoms with Gasteiger partial charge >= 0.3 is 0 Å². The minimum atomic E-state index is -3.18. The van der Waals surface area contributed by atoms with Crippen LogP contribution in [0.3, 0.4) is 0 Å². The second-order valence-electron chi connectivity index (χ2n) is 6.89. The predicted molar refractivity (Wildman–Crippen MR) is 109 cm³/mol. The van der Waals surface area contributed by atoms with Crippen molar-refractivity contribution in [1.29, 1.82) is 0 Å². The second kappa shape index (κ2) is 10.0. The monoisotopic (exact) mass is 403 g/mol. The van der Waals surface area contributed by atoms with Crippen LogP contribution in [-0.2, 0) is 9.84 Å². The maximum absolute atomic E-state index is 12.2. The van der Waals surface area contributed by atoms with E-state index in [4.69, 9.17) is 16.3 Å². The lowest BCUT2D eigenvalue weighted by atomic mass is 10.3. The first kappa shape index (κ1) is 22.6. The predicted octanol–water partition coefficient (Wildman–Crippen LogP) is 2.83. The molecule has 0 atom stereocenters. The summed E-state index contributed by atoms with van der Waals surface area (Å²) >= 11 is 5.85. The molecule has 1 N–H and O–H groups in total. The maximum Gasteiger partial charge on any atom is 0.193 e. The van der Waals surface area contributed by atoms with Gasteiger partial charge < -0.3 is 15.0 Å². The standard InChI is InChI=1S/C18H30ClN3O3S/c1-6-20-17(21-11-14-26(23,24)18(2,3)4)22(5)12-13-25-16-9-7-15(19)8-10-16/h7-10H,6,11-14H2,1-5H3,(H,20,21). The molecule has 0 fully saturated rings. The summed E-state index contributed by atoms with van der Waals surface area (Å²) in [7, 11) is -1.29. The minimum absolute atomic E-state index is 0.0283. The summed E-state index contributed by atoms with van der Waals surface area (Å²) in [6, 6.07) is 7.20. The highest BCUT2D eigenvalue weighted by Gasteiger charge is 2.28. The SMILES string of the molecule is CCNC(=NCCS(=O)(=O)C(C)(C)C)N(C)CCOc1ccc(Cl)cc1. The third-order valence-corrected chi connectivity index (χ3v) is 6.60. The maximum atomic E-state index is 12.2. The van der Waals surface area contributed by atoms with Crippen LogP contribution in [0.1, 0.15) is 27.7 Å². The smallest absolute Gasteiger partial charge is 0.193 e.